The highest BCUT2D eigenvalue weighted by atomic mass is 32.1. The Labute approximate surface area is 400 Å². The van der Waals surface area contributed by atoms with Crippen molar-refractivity contribution in [3.8, 4) is 0 Å². The van der Waals surface area contributed by atoms with Gasteiger partial charge in [-0.15, -0.1) is 11.3 Å². The van der Waals surface area contributed by atoms with Crippen molar-refractivity contribution in [1.29, 1.82) is 0 Å². The summed E-state index contributed by atoms with van der Waals surface area (Å²) in [4.78, 5) is 37.1. The van der Waals surface area contributed by atoms with E-state index in [4.69, 9.17) is 0 Å². The maximum Gasteiger partial charge on any atom is 0.130 e. The molecule has 6 heterocycles. The molecule has 0 aliphatic rings. The molecule has 0 fully saturated rings. The van der Waals surface area contributed by atoms with Crippen LogP contribution in [0.5, 0.6) is 0 Å². The van der Waals surface area contributed by atoms with Gasteiger partial charge in [-0.1, -0.05) is 137 Å². The van der Waals surface area contributed by atoms with Crippen molar-refractivity contribution in [3.63, 3.8) is 0 Å². The van der Waals surface area contributed by atoms with Crippen LogP contribution in [0.2, 0.25) is 0 Å². The molecular formula is C56H86N8S. The fraction of sp³-hybridized carbons (Fsp3) is 0.536. The van der Waals surface area contributed by atoms with Crippen LogP contribution in [0.4, 0.5) is 0 Å². The SMILES string of the molecule is CCc1ccc(C(C)C)cn1.CCc1ccc(C(C)C)nc1.CCc1ccc(C(C)C)s1.CCc1cnc(C(C)C)cn1.CCc1cnc(C(C)C)nc1.CCc1ncc(C(C)C)cn1. The molecule has 0 aromatic carbocycles. The van der Waals surface area contributed by atoms with Crippen molar-refractivity contribution < 1.29 is 0 Å². The van der Waals surface area contributed by atoms with Gasteiger partial charge in [-0.05, 0) is 108 Å². The number of hydrogen-bond acceptors (Lipinski definition) is 9. The van der Waals surface area contributed by atoms with Gasteiger partial charge in [-0.2, -0.15) is 0 Å². The Morgan fingerprint density at radius 1 is 0.354 bits per heavy atom. The average molecular weight is 903 g/mol. The van der Waals surface area contributed by atoms with Gasteiger partial charge in [0.05, 0.1) is 11.4 Å². The molecule has 0 N–H and O–H groups in total. The van der Waals surface area contributed by atoms with E-state index in [1.54, 1.807) is 0 Å². The molecule has 0 saturated carbocycles. The Balaban J connectivity index is 0.000000390. The van der Waals surface area contributed by atoms with Gasteiger partial charge in [0.1, 0.15) is 11.6 Å². The lowest BCUT2D eigenvalue weighted by atomic mass is 10.1. The minimum atomic E-state index is 0.431. The third kappa shape index (κ3) is 23.8. The Morgan fingerprint density at radius 3 is 1.25 bits per heavy atom. The molecule has 0 bridgehead atoms. The zero-order valence-corrected chi connectivity index (χ0v) is 44.6. The fourth-order valence-corrected chi connectivity index (χ4v) is 6.36. The van der Waals surface area contributed by atoms with Gasteiger partial charge in [-0.25, -0.2) is 19.9 Å². The normalized spacial score (nSPS) is 10.6. The lowest BCUT2D eigenvalue weighted by Crippen LogP contribution is -1.97. The molecule has 0 unspecified atom stereocenters. The summed E-state index contributed by atoms with van der Waals surface area (Å²) in [6, 6.07) is 13.0. The highest BCUT2D eigenvalue weighted by Crippen LogP contribution is 2.24. The van der Waals surface area contributed by atoms with E-state index in [2.05, 4.69) is 201 Å². The van der Waals surface area contributed by atoms with E-state index >= 15 is 0 Å². The van der Waals surface area contributed by atoms with Crippen molar-refractivity contribution in [3.05, 3.63) is 152 Å². The monoisotopic (exact) mass is 903 g/mol. The second kappa shape index (κ2) is 32.8. The molecule has 356 valence electrons. The summed E-state index contributed by atoms with van der Waals surface area (Å²) in [6.45, 7) is 38.6. The number of aryl methyl sites for hydroxylation is 6. The van der Waals surface area contributed by atoms with E-state index in [9.17, 15) is 0 Å². The Hall–Kier alpha value is -4.76. The molecule has 0 spiro atoms. The molecule has 6 aromatic rings. The smallest absolute Gasteiger partial charge is 0.130 e. The number of aromatic nitrogens is 8. The van der Waals surface area contributed by atoms with Crippen LogP contribution in [0.25, 0.3) is 0 Å². The van der Waals surface area contributed by atoms with Gasteiger partial charge in [0.15, 0.2) is 0 Å². The van der Waals surface area contributed by atoms with Gasteiger partial charge in [-0.3, -0.25) is 19.9 Å². The summed E-state index contributed by atoms with van der Waals surface area (Å²) >= 11 is 1.94. The number of thiophene rings is 1. The van der Waals surface area contributed by atoms with E-state index in [-0.39, 0.29) is 0 Å². The standard InChI is InChI=1S/2C10H15N.3C9H14N2.C9H14S/c1-4-10-6-5-9(7-11-10)8(2)3;1-4-9-5-6-10(8(2)3)11-7-9;1-4-9-10-5-8(6-11-9)7(2)3;1-4-8-5-11-9(6-10-8)7(2)3;1-4-8-5-10-9(7(2)3)11-6-8;1-4-8-5-6-9(10-8)7(2)3/h2*5-8H,4H2,1-3H3;3*5-7H,4H2,1-3H3;5-7H,4H2,1-3H3. The first-order valence-electron chi connectivity index (χ1n) is 24.3. The quantitative estimate of drug-likeness (QED) is 0.120. The molecular weight excluding hydrogens is 817 g/mol. The van der Waals surface area contributed by atoms with Gasteiger partial charge in [0.25, 0.3) is 0 Å². The molecule has 0 aliphatic heterocycles. The van der Waals surface area contributed by atoms with E-state index in [1.807, 2.05) is 60.9 Å². The maximum atomic E-state index is 4.35. The maximum absolute atomic E-state index is 4.35. The first-order valence-corrected chi connectivity index (χ1v) is 25.1. The highest BCUT2D eigenvalue weighted by molar-refractivity contribution is 7.12. The first-order chi connectivity index (χ1) is 30.9. The molecule has 6 aromatic heterocycles. The lowest BCUT2D eigenvalue weighted by molar-refractivity contribution is 0.768. The summed E-state index contributed by atoms with van der Waals surface area (Å²) in [6.07, 6.45) is 21.5. The highest BCUT2D eigenvalue weighted by Gasteiger charge is 2.04. The van der Waals surface area contributed by atoms with Crippen LogP contribution in [0.15, 0.2) is 86.0 Å². The van der Waals surface area contributed by atoms with Crippen molar-refractivity contribution in [2.45, 2.75) is 199 Å². The topological polar surface area (TPSA) is 103 Å². The molecule has 9 heteroatoms. The Kier molecular flexibility index (Phi) is 29.4. The van der Waals surface area contributed by atoms with Crippen LogP contribution in [0.1, 0.15) is 227 Å². The molecule has 8 nitrogen and oxygen atoms in total. The van der Waals surface area contributed by atoms with E-state index in [1.165, 1.54) is 49.8 Å². The molecule has 0 radical (unpaired) electrons. The van der Waals surface area contributed by atoms with Gasteiger partial charge < -0.3 is 0 Å². The average Bonchev–Trinajstić information content (AvgIpc) is 3.83. The summed E-state index contributed by atoms with van der Waals surface area (Å²) < 4.78 is 0. The van der Waals surface area contributed by atoms with Gasteiger partial charge in [0.2, 0.25) is 0 Å². The zero-order valence-electron chi connectivity index (χ0n) is 43.8. The lowest BCUT2D eigenvalue weighted by Gasteiger charge is -2.04. The van der Waals surface area contributed by atoms with Crippen LogP contribution in [0, 0.1) is 0 Å². The molecule has 0 saturated heterocycles. The van der Waals surface area contributed by atoms with E-state index in [0.717, 1.165) is 55.1 Å². The number of pyridine rings is 2. The predicted molar refractivity (Wildman–Crippen MR) is 280 cm³/mol. The minimum Gasteiger partial charge on any atom is -0.261 e. The minimum absolute atomic E-state index is 0.431. The molecule has 65 heavy (non-hydrogen) atoms. The fourth-order valence-electron chi connectivity index (χ4n) is 5.40. The third-order valence-corrected chi connectivity index (χ3v) is 11.9. The van der Waals surface area contributed by atoms with Crippen molar-refractivity contribution in [2.75, 3.05) is 0 Å². The predicted octanol–water partition coefficient (Wildman–Crippen LogP) is 15.5. The molecule has 0 amide bonds. The Morgan fingerprint density at radius 2 is 0.892 bits per heavy atom. The van der Waals surface area contributed by atoms with Crippen molar-refractivity contribution in [2.24, 2.45) is 0 Å². The van der Waals surface area contributed by atoms with Gasteiger partial charge >= 0.3 is 0 Å². The zero-order chi connectivity index (χ0) is 48.9. The van der Waals surface area contributed by atoms with Crippen LogP contribution < -0.4 is 0 Å². The van der Waals surface area contributed by atoms with Crippen LogP contribution in [-0.2, 0) is 38.5 Å². The van der Waals surface area contributed by atoms with Crippen LogP contribution in [0.3, 0.4) is 0 Å². The largest absolute Gasteiger partial charge is 0.261 e. The summed E-state index contributed by atoms with van der Waals surface area (Å²) in [5.74, 6) is 5.13. The van der Waals surface area contributed by atoms with Gasteiger partial charge in [0, 0.05) is 83.1 Å². The van der Waals surface area contributed by atoms with E-state index < -0.39 is 0 Å². The second-order valence-electron chi connectivity index (χ2n) is 17.8. The van der Waals surface area contributed by atoms with E-state index in [0.29, 0.717) is 35.5 Å². The number of rotatable bonds is 12. The second-order valence-corrected chi connectivity index (χ2v) is 19.0. The van der Waals surface area contributed by atoms with Crippen molar-refractivity contribution in [1.82, 2.24) is 39.9 Å². The number of hydrogen-bond donors (Lipinski definition) is 0. The third-order valence-electron chi connectivity index (χ3n) is 10.4. The summed E-state index contributed by atoms with van der Waals surface area (Å²) in [5, 5.41) is 0. The molecule has 6 rings (SSSR count). The van der Waals surface area contributed by atoms with Crippen LogP contribution in [-0.4, -0.2) is 39.9 Å². The Bertz CT molecular complexity index is 1750. The summed E-state index contributed by atoms with van der Waals surface area (Å²) in [5.41, 5.74) is 9.54. The summed E-state index contributed by atoms with van der Waals surface area (Å²) in [7, 11) is 0. The van der Waals surface area contributed by atoms with Crippen molar-refractivity contribution >= 4 is 11.3 Å². The molecule has 0 atom stereocenters. The first kappa shape index (κ1) is 58.3. The number of nitrogens with zero attached hydrogens (tertiary/aromatic N) is 8. The van der Waals surface area contributed by atoms with Crippen LogP contribution >= 0.6 is 11.3 Å². The molecule has 0 aliphatic carbocycles.